The Bertz CT molecular complexity index is 611. The van der Waals surface area contributed by atoms with Crippen LogP contribution in [0.3, 0.4) is 0 Å². The van der Waals surface area contributed by atoms with E-state index in [1.165, 1.54) is 12.1 Å². The summed E-state index contributed by atoms with van der Waals surface area (Å²) in [6.45, 7) is 2.43. The third-order valence-corrected chi connectivity index (χ3v) is 2.73. The fraction of sp³-hybridized carbons (Fsp3) is 0.333. The summed E-state index contributed by atoms with van der Waals surface area (Å²) in [5.41, 5.74) is 1.98. The lowest BCUT2D eigenvalue weighted by molar-refractivity contribution is -0.384. The lowest BCUT2D eigenvalue weighted by Gasteiger charge is -2.10. The third-order valence-electron chi connectivity index (χ3n) is 2.73. The molecule has 0 unspecified atom stereocenters. The van der Waals surface area contributed by atoms with E-state index in [9.17, 15) is 10.1 Å². The molecule has 20 heavy (non-hydrogen) atoms. The van der Waals surface area contributed by atoms with Gasteiger partial charge < -0.3 is 10.1 Å². The van der Waals surface area contributed by atoms with Crippen LogP contribution in [-0.4, -0.2) is 22.3 Å². The quantitative estimate of drug-likeness (QED) is 0.632. The fourth-order valence-corrected chi connectivity index (χ4v) is 1.68. The number of hydrogen-bond acceptors (Lipinski definition) is 7. The minimum atomic E-state index is -0.436. The number of hydrogen-bond donors (Lipinski definition) is 1. The van der Waals surface area contributed by atoms with Crippen LogP contribution in [0.25, 0.3) is 0 Å². The van der Waals surface area contributed by atoms with E-state index in [2.05, 4.69) is 20.3 Å². The van der Waals surface area contributed by atoms with Crippen LogP contribution in [0.4, 0.5) is 5.69 Å². The number of nitrogens with one attached hydrogen (secondary N) is 1. The number of aryl methyl sites for hydroxylation is 1. The molecule has 0 atom stereocenters. The molecule has 2 aromatic rings. The molecule has 0 spiro atoms. The van der Waals surface area contributed by atoms with Crippen molar-refractivity contribution < 1.29 is 14.3 Å². The molecule has 0 fully saturated rings. The average molecular weight is 278 g/mol. The Morgan fingerprint density at radius 1 is 1.45 bits per heavy atom. The van der Waals surface area contributed by atoms with Crippen molar-refractivity contribution >= 4 is 5.69 Å². The average Bonchev–Trinajstić information content (AvgIpc) is 2.83. The van der Waals surface area contributed by atoms with Gasteiger partial charge in [-0.2, -0.15) is 0 Å². The van der Waals surface area contributed by atoms with Crippen molar-refractivity contribution in [2.75, 3.05) is 7.05 Å². The Labute approximate surface area is 114 Å². The minimum absolute atomic E-state index is 0.0295. The van der Waals surface area contributed by atoms with E-state index in [0.717, 1.165) is 0 Å². The number of benzene rings is 1. The van der Waals surface area contributed by atoms with E-state index in [1.54, 1.807) is 20.0 Å². The summed E-state index contributed by atoms with van der Waals surface area (Å²) in [4.78, 5) is 10.3. The van der Waals surface area contributed by atoms with E-state index in [1.807, 2.05) is 0 Å². The molecule has 1 N–H and O–H groups in total. The molecule has 0 aliphatic heterocycles. The Hall–Kier alpha value is -2.48. The first kappa shape index (κ1) is 13.9. The summed E-state index contributed by atoms with van der Waals surface area (Å²) in [5, 5.41) is 21.1. The van der Waals surface area contributed by atoms with E-state index in [-0.39, 0.29) is 12.3 Å². The molecular formula is C12H14N4O4. The molecule has 0 saturated heterocycles. The van der Waals surface area contributed by atoms with Crippen molar-refractivity contribution in [1.82, 2.24) is 15.6 Å². The lowest BCUT2D eigenvalue weighted by atomic mass is 10.1. The van der Waals surface area contributed by atoms with Crippen LogP contribution < -0.4 is 10.1 Å². The zero-order valence-electron chi connectivity index (χ0n) is 11.1. The van der Waals surface area contributed by atoms with Crippen LogP contribution in [0, 0.1) is 17.0 Å². The predicted molar refractivity (Wildman–Crippen MR) is 69.2 cm³/mol. The van der Waals surface area contributed by atoms with E-state index in [0.29, 0.717) is 29.2 Å². The van der Waals surface area contributed by atoms with Crippen molar-refractivity contribution in [2.24, 2.45) is 0 Å². The number of non-ortho nitro benzene ring substituents is 1. The number of nitro benzene ring substituents is 1. The van der Waals surface area contributed by atoms with Gasteiger partial charge >= 0.3 is 0 Å². The molecule has 0 aliphatic rings. The van der Waals surface area contributed by atoms with E-state index >= 15 is 0 Å². The Morgan fingerprint density at radius 2 is 2.25 bits per heavy atom. The maximum atomic E-state index is 10.8. The Morgan fingerprint density at radius 3 is 2.85 bits per heavy atom. The molecule has 0 bridgehead atoms. The molecule has 0 saturated carbocycles. The normalized spacial score (nSPS) is 10.5. The van der Waals surface area contributed by atoms with Gasteiger partial charge in [-0.05, 0) is 20.0 Å². The van der Waals surface area contributed by atoms with Crippen molar-refractivity contribution in [1.29, 1.82) is 0 Å². The van der Waals surface area contributed by atoms with Gasteiger partial charge in [0, 0.05) is 24.2 Å². The van der Waals surface area contributed by atoms with Gasteiger partial charge in [0.25, 0.3) is 5.69 Å². The smallest absolute Gasteiger partial charge is 0.270 e. The molecule has 0 amide bonds. The van der Waals surface area contributed by atoms with Crippen molar-refractivity contribution in [3.8, 4) is 5.75 Å². The SMILES string of the molecule is CNCc1cc([N+](=O)[O-])ccc1OCc1nonc1C. The number of ether oxygens (including phenoxy) is 1. The number of aromatic nitrogens is 2. The second-order valence-electron chi connectivity index (χ2n) is 4.16. The maximum absolute atomic E-state index is 10.8. The van der Waals surface area contributed by atoms with E-state index in [4.69, 9.17) is 4.74 Å². The fourth-order valence-electron chi connectivity index (χ4n) is 1.68. The van der Waals surface area contributed by atoms with Gasteiger partial charge in [-0.25, -0.2) is 4.63 Å². The molecule has 1 aromatic heterocycles. The van der Waals surface area contributed by atoms with Crippen LogP contribution in [0.5, 0.6) is 5.75 Å². The summed E-state index contributed by atoms with van der Waals surface area (Å²) in [7, 11) is 1.76. The summed E-state index contributed by atoms with van der Waals surface area (Å²) in [6, 6.07) is 4.47. The first-order valence-corrected chi connectivity index (χ1v) is 5.94. The Kier molecular flexibility index (Phi) is 4.26. The molecule has 8 heteroatoms. The number of nitrogens with zero attached hydrogens (tertiary/aromatic N) is 3. The molecule has 8 nitrogen and oxygen atoms in total. The molecule has 106 valence electrons. The van der Waals surface area contributed by atoms with Crippen molar-refractivity contribution in [3.63, 3.8) is 0 Å². The first-order valence-electron chi connectivity index (χ1n) is 5.94. The topological polar surface area (TPSA) is 103 Å². The summed E-state index contributed by atoms with van der Waals surface area (Å²) in [6.07, 6.45) is 0. The monoisotopic (exact) mass is 278 g/mol. The zero-order chi connectivity index (χ0) is 14.5. The highest BCUT2D eigenvalue weighted by Gasteiger charge is 2.13. The molecule has 0 radical (unpaired) electrons. The van der Waals surface area contributed by atoms with Crippen LogP contribution in [0.2, 0.25) is 0 Å². The summed E-state index contributed by atoms with van der Waals surface area (Å²) in [5.74, 6) is 0.562. The zero-order valence-corrected chi connectivity index (χ0v) is 11.1. The van der Waals surface area contributed by atoms with Crippen LogP contribution in [0.1, 0.15) is 17.0 Å². The molecule has 0 aliphatic carbocycles. The van der Waals surface area contributed by atoms with Crippen LogP contribution >= 0.6 is 0 Å². The largest absolute Gasteiger partial charge is 0.487 e. The van der Waals surface area contributed by atoms with Gasteiger partial charge in [-0.3, -0.25) is 10.1 Å². The second kappa shape index (κ2) is 6.11. The molecule has 1 aromatic carbocycles. The van der Waals surface area contributed by atoms with Crippen LogP contribution in [-0.2, 0) is 13.2 Å². The summed E-state index contributed by atoms with van der Waals surface area (Å²) >= 11 is 0. The van der Waals surface area contributed by atoms with Gasteiger partial charge in [0.15, 0.2) is 0 Å². The minimum Gasteiger partial charge on any atom is -0.487 e. The van der Waals surface area contributed by atoms with Gasteiger partial charge in [0.1, 0.15) is 23.7 Å². The van der Waals surface area contributed by atoms with Crippen molar-refractivity contribution in [2.45, 2.75) is 20.1 Å². The van der Waals surface area contributed by atoms with Gasteiger partial charge in [-0.1, -0.05) is 10.3 Å². The predicted octanol–water partition coefficient (Wildman–Crippen LogP) is 1.58. The lowest BCUT2D eigenvalue weighted by Crippen LogP contribution is -2.08. The summed E-state index contributed by atoms with van der Waals surface area (Å²) < 4.78 is 10.2. The molecular weight excluding hydrogens is 264 g/mol. The first-order chi connectivity index (χ1) is 9.61. The Balaban J connectivity index is 2.17. The van der Waals surface area contributed by atoms with E-state index < -0.39 is 4.92 Å². The van der Waals surface area contributed by atoms with Gasteiger partial charge in [0.05, 0.1) is 4.92 Å². The van der Waals surface area contributed by atoms with Crippen LogP contribution in [0.15, 0.2) is 22.8 Å². The standard InChI is InChI=1S/C12H14N4O4/c1-8-11(15-20-14-8)7-19-12-4-3-10(16(17)18)5-9(12)6-13-2/h3-5,13H,6-7H2,1-2H3. The number of rotatable bonds is 6. The highest BCUT2D eigenvalue weighted by Crippen LogP contribution is 2.25. The third kappa shape index (κ3) is 3.09. The maximum Gasteiger partial charge on any atom is 0.270 e. The molecule has 1 heterocycles. The number of nitro groups is 1. The molecule has 2 rings (SSSR count). The highest BCUT2D eigenvalue weighted by atomic mass is 16.6. The van der Waals surface area contributed by atoms with Gasteiger partial charge in [0.2, 0.25) is 0 Å². The van der Waals surface area contributed by atoms with Gasteiger partial charge in [-0.15, -0.1) is 0 Å². The highest BCUT2D eigenvalue weighted by molar-refractivity contribution is 5.43. The second-order valence-corrected chi connectivity index (χ2v) is 4.16. The van der Waals surface area contributed by atoms with Crippen molar-refractivity contribution in [3.05, 3.63) is 45.3 Å².